The summed E-state index contributed by atoms with van der Waals surface area (Å²) in [5.41, 5.74) is 0.487. The molecule has 0 aliphatic rings. The topological polar surface area (TPSA) is 61.3 Å². The van der Waals surface area contributed by atoms with Crippen molar-refractivity contribution in [1.82, 2.24) is 9.97 Å². The summed E-state index contributed by atoms with van der Waals surface area (Å²) in [5, 5.41) is 0. The molecule has 35 heavy (non-hydrogen) atoms. The fourth-order valence-corrected chi connectivity index (χ4v) is 3.42. The van der Waals surface area contributed by atoms with Crippen molar-refractivity contribution < 1.29 is 23.0 Å². The molecule has 3 aromatic rings. The van der Waals surface area contributed by atoms with Crippen molar-refractivity contribution in [1.29, 1.82) is 0 Å². The van der Waals surface area contributed by atoms with Gasteiger partial charge in [-0.2, -0.15) is 0 Å². The van der Waals surface area contributed by atoms with E-state index in [2.05, 4.69) is 9.97 Å². The quantitative estimate of drug-likeness (QED) is 0.156. The Morgan fingerprint density at radius 2 is 1.54 bits per heavy atom. The molecule has 0 saturated heterocycles. The first-order valence-electron chi connectivity index (χ1n) is 12.0. The fourth-order valence-electron chi connectivity index (χ4n) is 3.42. The summed E-state index contributed by atoms with van der Waals surface area (Å²) in [4.78, 5) is 21.0. The van der Waals surface area contributed by atoms with Gasteiger partial charge in [-0.15, -0.1) is 0 Å². The monoisotopic (exact) mass is 482 g/mol. The van der Waals surface area contributed by atoms with Gasteiger partial charge in [-0.25, -0.2) is 23.5 Å². The Morgan fingerprint density at radius 1 is 0.943 bits per heavy atom. The van der Waals surface area contributed by atoms with E-state index < -0.39 is 17.8 Å². The van der Waals surface area contributed by atoms with Gasteiger partial charge in [0, 0.05) is 23.5 Å². The maximum Gasteiger partial charge on any atom is 0.348 e. The Balaban J connectivity index is 1.58. The number of benzene rings is 2. The summed E-state index contributed by atoms with van der Waals surface area (Å²) < 4.78 is 38.2. The van der Waals surface area contributed by atoms with Gasteiger partial charge >= 0.3 is 5.97 Å². The molecule has 1 heterocycles. The average Bonchev–Trinajstić information content (AvgIpc) is 2.86. The number of carbonyl (C=O) groups excluding carboxylic acids is 1. The van der Waals surface area contributed by atoms with E-state index in [1.54, 1.807) is 43.6 Å². The van der Waals surface area contributed by atoms with Crippen molar-refractivity contribution in [3.05, 3.63) is 60.9 Å². The molecule has 0 bridgehead atoms. The Hall–Kier alpha value is -3.35. The number of esters is 1. The molecular formula is C28H32F2N2O3. The van der Waals surface area contributed by atoms with Gasteiger partial charge in [-0.1, -0.05) is 25.5 Å². The van der Waals surface area contributed by atoms with Crippen LogP contribution in [0.5, 0.6) is 11.5 Å². The van der Waals surface area contributed by atoms with Crippen molar-refractivity contribution in [2.24, 2.45) is 0 Å². The molecule has 2 atom stereocenters. The van der Waals surface area contributed by atoms with Crippen LogP contribution < -0.4 is 9.47 Å². The van der Waals surface area contributed by atoms with Gasteiger partial charge in [0.25, 0.3) is 0 Å². The number of alkyl halides is 2. The van der Waals surface area contributed by atoms with Crippen LogP contribution in [0.4, 0.5) is 8.78 Å². The van der Waals surface area contributed by atoms with Gasteiger partial charge in [0.15, 0.2) is 5.82 Å². The molecule has 0 amide bonds. The summed E-state index contributed by atoms with van der Waals surface area (Å²) >= 11 is 0. The second kappa shape index (κ2) is 12.4. The molecule has 0 radical (unpaired) electrons. The molecule has 0 aliphatic carbocycles. The molecule has 186 valence electrons. The van der Waals surface area contributed by atoms with Gasteiger partial charge in [-0.05, 0) is 81.5 Å². The second-order valence-corrected chi connectivity index (χ2v) is 8.81. The van der Waals surface area contributed by atoms with Crippen LogP contribution in [0.15, 0.2) is 60.9 Å². The van der Waals surface area contributed by atoms with E-state index in [-0.39, 0.29) is 12.2 Å². The third kappa shape index (κ3) is 7.84. The molecular weight excluding hydrogens is 450 g/mol. The van der Waals surface area contributed by atoms with Crippen LogP contribution in [0.2, 0.25) is 0 Å². The largest absolute Gasteiger partial charge is 0.494 e. The van der Waals surface area contributed by atoms with Gasteiger partial charge in [-0.3, -0.25) is 0 Å². The third-order valence-electron chi connectivity index (χ3n) is 5.60. The predicted octanol–water partition coefficient (Wildman–Crippen LogP) is 7.15. The summed E-state index contributed by atoms with van der Waals surface area (Å²) in [6.45, 7) is 5.23. The number of carbonyl (C=O) groups is 1. The SMILES string of the molecule is CCCC[C@](C)(F)C(=O)Oc1ccc(-c2cnc(-c3ccc(OCCC[C@H](C)F)cc3)nc2)cc1. The zero-order valence-electron chi connectivity index (χ0n) is 20.5. The number of rotatable bonds is 12. The van der Waals surface area contributed by atoms with E-state index in [0.717, 1.165) is 28.9 Å². The number of ether oxygens (including phenoxy) is 2. The van der Waals surface area contributed by atoms with Crippen LogP contribution in [0.1, 0.15) is 52.9 Å². The van der Waals surface area contributed by atoms with Crippen LogP contribution >= 0.6 is 0 Å². The molecule has 7 heteroatoms. The Labute approximate surface area is 205 Å². The van der Waals surface area contributed by atoms with E-state index in [0.29, 0.717) is 31.7 Å². The van der Waals surface area contributed by atoms with Crippen LogP contribution in [-0.2, 0) is 4.79 Å². The second-order valence-electron chi connectivity index (χ2n) is 8.81. The number of aromatic nitrogens is 2. The molecule has 0 aliphatic heterocycles. The Kier molecular flexibility index (Phi) is 9.29. The minimum Gasteiger partial charge on any atom is -0.494 e. The maximum absolute atomic E-state index is 14.5. The van der Waals surface area contributed by atoms with Crippen LogP contribution in [0.25, 0.3) is 22.5 Å². The first-order chi connectivity index (χ1) is 16.8. The highest BCUT2D eigenvalue weighted by Gasteiger charge is 2.34. The van der Waals surface area contributed by atoms with E-state index in [4.69, 9.17) is 9.47 Å². The predicted molar refractivity (Wildman–Crippen MR) is 133 cm³/mol. The van der Waals surface area contributed by atoms with E-state index in [9.17, 15) is 13.6 Å². The number of nitrogens with zero attached hydrogens (tertiary/aromatic N) is 2. The lowest BCUT2D eigenvalue weighted by atomic mass is 10.0. The van der Waals surface area contributed by atoms with Gasteiger partial charge in [0.2, 0.25) is 5.67 Å². The van der Waals surface area contributed by atoms with Crippen molar-refractivity contribution in [3.8, 4) is 34.0 Å². The summed E-state index contributed by atoms with van der Waals surface area (Å²) in [6.07, 6.45) is 5.35. The number of hydrogen-bond acceptors (Lipinski definition) is 5. The standard InChI is InChI=1S/C28H32F2N2O3/c1-4-5-16-28(3,30)27(33)35-25-14-8-21(9-15-25)23-18-31-26(32-19-23)22-10-12-24(13-11-22)34-17-6-7-20(2)29/h8-15,18-20H,4-7,16-17H2,1-3H3/t20-,28-/m0/s1. The molecule has 0 N–H and O–H groups in total. The first kappa shape index (κ1) is 26.3. The molecule has 0 spiro atoms. The Morgan fingerprint density at radius 3 is 2.14 bits per heavy atom. The summed E-state index contributed by atoms with van der Waals surface area (Å²) in [7, 11) is 0. The van der Waals surface area contributed by atoms with Crippen molar-refractivity contribution in [3.63, 3.8) is 0 Å². The molecule has 0 fully saturated rings. The maximum atomic E-state index is 14.5. The highest BCUT2D eigenvalue weighted by atomic mass is 19.1. The normalized spacial score (nSPS) is 13.6. The molecule has 1 aromatic heterocycles. The van der Waals surface area contributed by atoms with Crippen LogP contribution in [-0.4, -0.2) is 34.4 Å². The minimum absolute atomic E-state index is 0.139. The first-order valence-corrected chi connectivity index (χ1v) is 12.0. The van der Waals surface area contributed by atoms with E-state index in [1.807, 2.05) is 31.2 Å². The Bertz CT molecular complexity index is 1070. The van der Waals surface area contributed by atoms with Gasteiger partial charge in [0.05, 0.1) is 12.8 Å². The average molecular weight is 483 g/mol. The van der Waals surface area contributed by atoms with Crippen molar-refractivity contribution >= 4 is 5.97 Å². The van der Waals surface area contributed by atoms with Crippen LogP contribution in [0.3, 0.4) is 0 Å². The smallest absolute Gasteiger partial charge is 0.348 e. The summed E-state index contributed by atoms with van der Waals surface area (Å²) in [5.74, 6) is 0.706. The molecule has 0 saturated carbocycles. The highest BCUT2D eigenvalue weighted by Crippen LogP contribution is 2.26. The minimum atomic E-state index is -2.00. The lowest BCUT2D eigenvalue weighted by Gasteiger charge is -2.18. The lowest BCUT2D eigenvalue weighted by molar-refractivity contribution is -0.147. The highest BCUT2D eigenvalue weighted by molar-refractivity contribution is 5.81. The van der Waals surface area contributed by atoms with E-state index >= 15 is 0 Å². The number of unbranched alkanes of at least 4 members (excludes halogenated alkanes) is 1. The molecule has 0 unspecified atom stereocenters. The molecule has 3 rings (SSSR count). The van der Waals surface area contributed by atoms with E-state index in [1.165, 1.54) is 6.92 Å². The van der Waals surface area contributed by atoms with Crippen molar-refractivity contribution in [2.75, 3.05) is 6.61 Å². The van der Waals surface area contributed by atoms with Gasteiger partial charge in [0.1, 0.15) is 11.5 Å². The molecule has 5 nitrogen and oxygen atoms in total. The van der Waals surface area contributed by atoms with Crippen molar-refractivity contribution in [2.45, 2.75) is 64.7 Å². The fraction of sp³-hybridized carbons (Fsp3) is 0.393. The van der Waals surface area contributed by atoms with Gasteiger partial charge < -0.3 is 9.47 Å². The number of halogens is 2. The number of hydrogen-bond donors (Lipinski definition) is 0. The third-order valence-corrected chi connectivity index (χ3v) is 5.60. The van der Waals surface area contributed by atoms with Crippen LogP contribution in [0, 0.1) is 0 Å². The molecule has 2 aromatic carbocycles. The zero-order chi connectivity index (χ0) is 25.3. The zero-order valence-corrected chi connectivity index (χ0v) is 20.5. The lowest BCUT2D eigenvalue weighted by Crippen LogP contribution is -2.34. The summed E-state index contributed by atoms with van der Waals surface area (Å²) in [6, 6.07) is 14.3.